The van der Waals surface area contributed by atoms with Crippen molar-refractivity contribution in [1.29, 1.82) is 5.41 Å². The predicted octanol–water partition coefficient (Wildman–Crippen LogP) is -0.263. The molecule has 4 heteroatoms. The molecule has 0 aromatic rings. The van der Waals surface area contributed by atoms with Crippen LogP contribution in [0.2, 0.25) is 0 Å². The molecule has 0 aromatic heterocycles. The van der Waals surface area contributed by atoms with E-state index in [0.717, 1.165) is 0 Å². The molecule has 0 atom stereocenters. The molecule has 48 valence electrons. The van der Waals surface area contributed by atoms with E-state index in [-0.39, 0.29) is 5.96 Å². The van der Waals surface area contributed by atoms with Crippen LogP contribution in [-0.2, 0) is 0 Å². The quantitative estimate of drug-likeness (QED) is 0.345. The second-order valence-electron chi connectivity index (χ2n) is 1.69. The van der Waals surface area contributed by atoms with Gasteiger partial charge in [0.05, 0.1) is 6.34 Å². The van der Waals surface area contributed by atoms with Crippen molar-refractivity contribution in [2.24, 2.45) is 10.7 Å². The lowest BCUT2D eigenvalue weighted by Gasteiger charge is -2.15. The molecule has 1 rings (SSSR count). The van der Waals surface area contributed by atoms with Gasteiger partial charge in [0.1, 0.15) is 0 Å². The van der Waals surface area contributed by atoms with Gasteiger partial charge in [-0.2, -0.15) is 0 Å². The van der Waals surface area contributed by atoms with Gasteiger partial charge >= 0.3 is 0 Å². The average molecular weight is 124 g/mol. The van der Waals surface area contributed by atoms with E-state index in [4.69, 9.17) is 11.1 Å². The lowest BCUT2D eigenvalue weighted by Crippen LogP contribution is -2.36. The second kappa shape index (κ2) is 2.30. The summed E-state index contributed by atoms with van der Waals surface area (Å²) in [6.45, 7) is 0.652. The zero-order valence-corrected chi connectivity index (χ0v) is 4.91. The summed E-state index contributed by atoms with van der Waals surface area (Å²) in [5, 5.41) is 6.97. The zero-order chi connectivity index (χ0) is 6.69. The molecule has 0 saturated carbocycles. The van der Waals surface area contributed by atoms with Crippen molar-refractivity contribution in [2.75, 3.05) is 6.54 Å². The van der Waals surface area contributed by atoms with Gasteiger partial charge in [-0.3, -0.25) is 10.3 Å². The minimum atomic E-state index is 0.0306. The van der Waals surface area contributed by atoms with Crippen LogP contribution in [0.4, 0.5) is 0 Å². The van der Waals surface area contributed by atoms with Crippen molar-refractivity contribution in [1.82, 2.24) is 4.90 Å². The van der Waals surface area contributed by atoms with Crippen LogP contribution in [0.3, 0.4) is 0 Å². The molecule has 0 spiro atoms. The fourth-order valence-corrected chi connectivity index (χ4v) is 0.548. The minimum Gasteiger partial charge on any atom is -0.370 e. The Hall–Kier alpha value is -1.32. The number of hydrogen-bond acceptors (Lipinski definition) is 2. The summed E-state index contributed by atoms with van der Waals surface area (Å²) < 4.78 is 0. The highest BCUT2D eigenvalue weighted by atomic mass is 15.2. The summed E-state index contributed by atoms with van der Waals surface area (Å²) in [6, 6.07) is 0. The molecule has 1 heterocycles. The van der Waals surface area contributed by atoms with Crippen LogP contribution in [0.25, 0.3) is 0 Å². The first-order valence-electron chi connectivity index (χ1n) is 2.59. The number of aliphatic imine (C=N–C) groups is 1. The highest BCUT2D eigenvalue weighted by Crippen LogP contribution is 1.89. The smallest absolute Gasteiger partial charge is 0.193 e. The van der Waals surface area contributed by atoms with Gasteiger partial charge < -0.3 is 5.73 Å². The molecule has 0 aromatic carbocycles. The fraction of sp³-hybridized carbons (Fsp3) is 0.200. The Morgan fingerprint density at radius 1 is 1.78 bits per heavy atom. The molecule has 0 radical (unpaired) electrons. The van der Waals surface area contributed by atoms with Gasteiger partial charge in [0, 0.05) is 12.7 Å². The van der Waals surface area contributed by atoms with Crippen LogP contribution in [0, 0.1) is 5.41 Å². The maximum Gasteiger partial charge on any atom is 0.193 e. The monoisotopic (exact) mass is 124 g/mol. The van der Waals surface area contributed by atoms with Crippen molar-refractivity contribution in [2.45, 2.75) is 0 Å². The van der Waals surface area contributed by atoms with Crippen LogP contribution < -0.4 is 5.73 Å². The number of nitrogens with two attached hydrogens (primary N) is 1. The molecular formula is C5H8N4. The second-order valence-corrected chi connectivity index (χ2v) is 1.69. The van der Waals surface area contributed by atoms with E-state index in [1.54, 1.807) is 11.1 Å². The standard InChI is InChI=1S/C5H8N4/c6-5(7)9-3-1-2-8-4-9/h1-2,4H,3H2,(H3,6,7). The summed E-state index contributed by atoms with van der Waals surface area (Å²) in [7, 11) is 0. The first-order valence-corrected chi connectivity index (χ1v) is 2.59. The van der Waals surface area contributed by atoms with Gasteiger partial charge in [0.15, 0.2) is 5.96 Å². The molecule has 1 aliphatic rings. The highest BCUT2D eigenvalue weighted by molar-refractivity contribution is 5.87. The molecule has 3 N–H and O–H groups in total. The Morgan fingerprint density at radius 2 is 2.56 bits per heavy atom. The van der Waals surface area contributed by atoms with Crippen molar-refractivity contribution in [3.63, 3.8) is 0 Å². The number of rotatable bonds is 0. The normalized spacial score (nSPS) is 16.2. The largest absolute Gasteiger partial charge is 0.370 e. The SMILES string of the molecule is N=C(N)N1C=NC=CC1. The van der Waals surface area contributed by atoms with E-state index < -0.39 is 0 Å². The third kappa shape index (κ3) is 1.28. The number of guanidine groups is 1. The number of nitrogens with one attached hydrogen (secondary N) is 1. The molecule has 0 saturated heterocycles. The minimum absolute atomic E-state index is 0.0306. The molecule has 0 bridgehead atoms. The Morgan fingerprint density at radius 3 is 2.89 bits per heavy atom. The summed E-state index contributed by atoms with van der Waals surface area (Å²) in [5.74, 6) is 0.0306. The third-order valence-corrected chi connectivity index (χ3v) is 1.01. The van der Waals surface area contributed by atoms with Crippen LogP contribution in [0.1, 0.15) is 0 Å². The average Bonchev–Trinajstić information content (AvgIpc) is 1.90. The van der Waals surface area contributed by atoms with Crippen molar-refractivity contribution < 1.29 is 0 Å². The van der Waals surface area contributed by atoms with Gasteiger partial charge in [0.25, 0.3) is 0 Å². The van der Waals surface area contributed by atoms with Gasteiger partial charge in [0.2, 0.25) is 0 Å². The topological polar surface area (TPSA) is 65.5 Å². The fourth-order valence-electron chi connectivity index (χ4n) is 0.548. The van der Waals surface area contributed by atoms with Crippen molar-refractivity contribution in [3.8, 4) is 0 Å². The van der Waals surface area contributed by atoms with Crippen LogP contribution in [0.5, 0.6) is 0 Å². The van der Waals surface area contributed by atoms with Crippen molar-refractivity contribution in [3.05, 3.63) is 12.3 Å². The van der Waals surface area contributed by atoms with Crippen molar-refractivity contribution >= 4 is 12.3 Å². The lowest BCUT2D eigenvalue weighted by atomic mass is 10.5. The Labute approximate surface area is 53.2 Å². The molecule has 1 aliphatic heterocycles. The van der Waals surface area contributed by atoms with E-state index in [0.29, 0.717) is 6.54 Å². The number of nitrogens with zero attached hydrogens (tertiary/aromatic N) is 2. The maximum atomic E-state index is 6.97. The number of hydrogen-bond donors (Lipinski definition) is 2. The zero-order valence-electron chi connectivity index (χ0n) is 4.91. The molecule has 0 aliphatic carbocycles. The van der Waals surface area contributed by atoms with Crippen LogP contribution in [-0.4, -0.2) is 23.7 Å². The molecular weight excluding hydrogens is 116 g/mol. The predicted molar refractivity (Wildman–Crippen MR) is 36.3 cm³/mol. The maximum absolute atomic E-state index is 6.97. The van der Waals surface area contributed by atoms with Gasteiger partial charge in [-0.05, 0) is 6.08 Å². The third-order valence-electron chi connectivity index (χ3n) is 1.01. The first-order chi connectivity index (χ1) is 4.30. The van der Waals surface area contributed by atoms with E-state index in [2.05, 4.69) is 4.99 Å². The summed E-state index contributed by atoms with van der Waals surface area (Å²) in [6.07, 6.45) is 5.04. The van der Waals surface area contributed by atoms with Gasteiger partial charge in [-0.15, -0.1) is 0 Å². The highest BCUT2D eigenvalue weighted by Gasteiger charge is 2.00. The van der Waals surface area contributed by atoms with E-state index in [1.807, 2.05) is 6.08 Å². The molecule has 0 amide bonds. The molecule has 0 fully saturated rings. The molecule has 9 heavy (non-hydrogen) atoms. The molecule has 0 unspecified atom stereocenters. The summed E-state index contributed by atoms with van der Waals surface area (Å²) >= 11 is 0. The Bertz CT molecular complexity index is 170. The van der Waals surface area contributed by atoms with Crippen LogP contribution in [0.15, 0.2) is 17.3 Å². The van der Waals surface area contributed by atoms with Gasteiger partial charge in [-0.25, -0.2) is 4.99 Å². The van der Waals surface area contributed by atoms with Gasteiger partial charge in [-0.1, -0.05) is 0 Å². The Kier molecular flexibility index (Phi) is 1.48. The lowest BCUT2D eigenvalue weighted by molar-refractivity contribution is 0.675. The van der Waals surface area contributed by atoms with E-state index >= 15 is 0 Å². The molecule has 4 nitrogen and oxygen atoms in total. The van der Waals surface area contributed by atoms with Crippen LogP contribution >= 0.6 is 0 Å². The summed E-state index contributed by atoms with van der Waals surface area (Å²) in [5.41, 5.74) is 5.15. The summed E-state index contributed by atoms with van der Waals surface area (Å²) in [4.78, 5) is 5.32. The van der Waals surface area contributed by atoms with E-state index in [9.17, 15) is 0 Å². The Balaban J connectivity index is 2.56. The van der Waals surface area contributed by atoms with E-state index in [1.165, 1.54) is 6.34 Å². The first kappa shape index (κ1) is 5.81.